The Hall–Kier alpha value is -1.85. The Kier molecular flexibility index (Phi) is 5.31. The van der Waals surface area contributed by atoms with Crippen molar-refractivity contribution in [1.82, 2.24) is 19.8 Å². The third-order valence-electron chi connectivity index (χ3n) is 4.95. The molecular weight excluding hydrogens is 292 g/mol. The smallest absolute Gasteiger partial charge is 0.224 e. The number of piperidine rings is 1. The number of aromatic nitrogens is 2. The summed E-state index contributed by atoms with van der Waals surface area (Å²) in [5.41, 5.74) is 0. The van der Waals surface area contributed by atoms with E-state index in [0.717, 1.165) is 57.6 Å². The Balaban J connectivity index is 1.50. The fraction of sp³-hybridized carbons (Fsp3) is 0.706. The van der Waals surface area contributed by atoms with E-state index in [-0.39, 0.29) is 11.8 Å². The molecule has 1 atom stereocenters. The second-order valence-corrected chi connectivity index (χ2v) is 6.59. The van der Waals surface area contributed by atoms with Gasteiger partial charge in [0.1, 0.15) is 5.82 Å². The van der Waals surface area contributed by atoms with Crippen molar-refractivity contribution in [2.75, 3.05) is 26.2 Å². The van der Waals surface area contributed by atoms with Crippen molar-refractivity contribution < 1.29 is 9.59 Å². The molecule has 2 aliphatic rings. The summed E-state index contributed by atoms with van der Waals surface area (Å²) in [7, 11) is 0. The van der Waals surface area contributed by atoms with Crippen LogP contribution in [-0.4, -0.2) is 57.8 Å². The first-order chi connectivity index (χ1) is 11.2. The van der Waals surface area contributed by atoms with Crippen LogP contribution in [0.25, 0.3) is 0 Å². The molecule has 2 fully saturated rings. The third kappa shape index (κ3) is 4.12. The lowest BCUT2D eigenvalue weighted by atomic mass is 9.97. The van der Waals surface area contributed by atoms with Gasteiger partial charge in [-0.15, -0.1) is 0 Å². The first-order valence-electron chi connectivity index (χ1n) is 8.79. The summed E-state index contributed by atoms with van der Waals surface area (Å²) in [4.78, 5) is 35.8. The molecule has 0 unspecified atom stereocenters. The lowest BCUT2D eigenvalue weighted by molar-refractivity contribution is -0.134. The van der Waals surface area contributed by atoms with Crippen molar-refractivity contribution in [1.29, 1.82) is 0 Å². The number of nitrogens with zero attached hydrogens (tertiary/aromatic N) is 3. The standard InChI is InChI=1S/C17H26N4O2/c22-15-6-2-1-3-10-20(15)12-7-16(23)21-11-4-5-14(13-21)17-18-8-9-19-17/h8-9,14H,1-7,10-13H2,(H,18,19)/t14-/m0/s1. The number of imidazole rings is 1. The van der Waals surface area contributed by atoms with E-state index >= 15 is 0 Å². The molecule has 1 N–H and O–H groups in total. The fourth-order valence-electron chi connectivity index (χ4n) is 3.59. The first-order valence-corrected chi connectivity index (χ1v) is 8.79. The minimum Gasteiger partial charge on any atom is -0.348 e. The Morgan fingerprint density at radius 2 is 2.17 bits per heavy atom. The molecule has 1 aromatic heterocycles. The van der Waals surface area contributed by atoms with E-state index in [1.165, 1.54) is 0 Å². The van der Waals surface area contributed by atoms with Crippen LogP contribution in [0.2, 0.25) is 0 Å². The molecule has 2 aliphatic heterocycles. The van der Waals surface area contributed by atoms with Crippen LogP contribution < -0.4 is 0 Å². The Morgan fingerprint density at radius 3 is 3.00 bits per heavy atom. The molecular formula is C17H26N4O2. The van der Waals surface area contributed by atoms with Crippen molar-refractivity contribution in [2.24, 2.45) is 0 Å². The summed E-state index contributed by atoms with van der Waals surface area (Å²) in [5.74, 6) is 1.66. The zero-order valence-corrected chi connectivity index (χ0v) is 13.7. The van der Waals surface area contributed by atoms with Crippen LogP contribution in [0.4, 0.5) is 0 Å². The number of H-pyrrole nitrogens is 1. The quantitative estimate of drug-likeness (QED) is 0.922. The number of rotatable bonds is 4. The highest BCUT2D eigenvalue weighted by Crippen LogP contribution is 2.24. The molecule has 0 aliphatic carbocycles. The maximum Gasteiger partial charge on any atom is 0.224 e. The van der Waals surface area contributed by atoms with Crippen LogP contribution in [-0.2, 0) is 9.59 Å². The average molecular weight is 318 g/mol. The average Bonchev–Trinajstić information content (AvgIpc) is 3.04. The van der Waals surface area contributed by atoms with E-state index in [4.69, 9.17) is 0 Å². The molecule has 0 bridgehead atoms. The Bertz CT molecular complexity index is 529. The van der Waals surface area contributed by atoms with Crippen LogP contribution in [0.1, 0.15) is 56.7 Å². The largest absolute Gasteiger partial charge is 0.348 e. The third-order valence-corrected chi connectivity index (χ3v) is 4.95. The van der Waals surface area contributed by atoms with Gasteiger partial charge in [0.2, 0.25) is 11.8 Å². The molecule has 126 valence electrons. The number of likely N-dealkylation sites (tertiary alicyclic amines) is 2. The maximum absolute atomic E-state index is 12.5. The highest BCUT2D eigenvalue weighted by molar-refractivity contribution is 5.79. The van der Waals surface area contributed by atoms with Crippen molar-refractivity contribution in [3.63, 3.8) is 0 Å². The van der Waals surface area contributed by atoms with E-state index < -0.39 is 0 Å². The molecule has 3 heterocycles. The SMILES string of the molecule is O=C1CCCCCN1CCC(=O)N1CCC[C@H](c2ncc[nH]2)C1. The van der Waals surface area contributed by atoms with Crippen LogP contribution in [0, 0.1) is 0 Å². The van der Waals surface area contributed by atoms with E-state index in [9.17, 15) is 9.59 Å². The van der Waals surface area contributed by atoms with Gasteiger partial charge in [0, 0.05) is 57.3 Å². The van der Waals surface area contributed by atoms with Crippen LogP contribution in [0.3, 0.4) is 0 Å². The number of amides is 2. The molecule has 2 amide bonds. The number of hydrogen-bond acceptors (Lipinski definition) is 3. The predicted molar refractivity (Wildman–Crippen MR) is 86.8 cm³/mol. The van der Waals surface area contributed by atoms with Gasteiger partial charge in [-0.25, -0.2) is 4.98 Å². The number of carbonyl (C=O) groups is 2. The predicted octanol–water partition coefficient (Wildman–Crippen LogP) is 1.91. The molecule has 0 spiro atoms. The van der Waals surface area contributed by atoms with Gasteiger partial charge >= 0.3 is 0 Å². The van der Waals surface area contributed by atoms with Crippen LogP contribution >= 0.6 is 0 Å². The molecule has 2 saturated heterocycles. The van der Waals surface area contributed by atoms with E-state index in [1.807, 2.05) is 16.0 Å². The van der Waals surface area contributed by atoms with Gasteiger partial charge in [-0.3, -0.25) is 9.59 Å². The second-order valence-electron chi connectivity index (χ2n) is 6.59. The van der Waals surface area contributed by atoms with Gasteiger partial charge in [-0.05, 0) is 25.7 Å². The maximum atomic E-state index is 12.5. The number of nitrogens with one attached hydrogen (secondary N) is 1. The molecule has 0 radical (unpaired) electrons. The topological polar surface area (TPSA) is 69.3 Å². The summed E-state index contributed by atoms with van der Waals surface area (Å²) in [6, 6.07) is 0. The molecule has 0 saturated carbocycles. The molecule has 3 rings (SSSR count). The lowest BCUT2D eigenvalue weighted by Gasteiger charge is -2.32. The van der Waals surface area contributed by atoms with Crippen molar-refractivity contribution in [3.8, 4) is 0 Å². The second kappa shape index (κ2) is 7.62. The van der Waals surface area contributed by atoms with Crippen LogP contribution in [0.5, 0.6) is 0 Å². The number of hydrogen-bond donors (Lipinski definition) is 1. The zero-order valence-electron chi connectivity index (χ0n) is 13.7. The summed E-state index contributed by atoms with van der Waals surface area (Å²) < 4.78 is 0. The van der Waals surface area contributed by atoms with Gasteiger partial charge in [-0.2, -0.15) is 0 Å². The summed E-state index contributed by atoms with van der Waals surface area (Å²) in [5, 5.41) is 0. The number of aromatic amines is 1. The highest BCUT2D eigenvalue weighted by atomic mass is 16.2. The summed E-state index contributed by atoms with van der Waals surface area (Å²) in [6.07, 6.45) is 9.93. The van der Waals surface area contributed by atoms with Gasteiger partial charge in [0.05, 0.1) is 0 Å². The van der Waals surface area contributed by atoms with E-state index in [0.29, 0.717) is 25.3 Å². The summed E-state index contributed by atoms with van der Waals surface area (Å²) in [6.45, 7) is 2.94. The minimum atomic E-state index is 0.165. The lowest BCUT2D eigenvalue weighted by Crippen LogP contribution is -2.41. The molecule has 6 nitrogen and oxygen atoms in total. The normalized spacial score (nSPS) is 23.0. The van der Waals surface area contributed by atoms with Crippen molar-refractivity contribution in [3.05, 3.63) is 18.2 Å². The highest BCUT2D eigenvalue weighted by Gasteiger charge is 2.26. The van der Waals surface area contributed by atoms with Gasteiger partial charge in [0.25, 0.3) is 0 Å². The zero-order chi connectivity index (χ0) is 16.1. The first kappa shape index (κ1) is 16.0. The van der Waals surface area contributed by atoms with Crippen LogP contribution in [0.15, 0.2) is 12.4 Å². The monoisotopic (exact) mass is 318 g/mol. The molecule has 0 aromatic carbocycles. The van der Waals surface area contributed by atoms with E-state index in [1.54, 1.807) is 6.20 Å². The molecule has 23 heavy (non-hydrogen) atoms. The molecule has 1 aromatic rings. The summed E-state index contributed by atoms with van der Waals surface area (Å²) >= 11 is 0. The van der Waals surface area contributed by atoms with Gasteiger partial charge in [-0.1, -0.05) is 6.42 Å². The minimum absolute atomic E-state index is 0.165. The molecule has 6 heteroatoms. The fourth-order valence-corrected chi connectivity index (χ4v) is 3.59. The Labute approximate surface area is 137 Å². The number of carbonyl (C=O) groups excluding carboxylic acids is 2. The van der Waals surface area contributed by atoms with Gasteiger partial charge in [0.15, 0.2) is 0 Å². The van der Waals surface area contributed by atoms with E-state index in [2.05, 4.69) is 9.97 Å². The van der Waals surface area contributed by atoms with Crippen molar-refractivity contribution >= 4 is 11.8 Å². The Morgan fingerprint density at radius 1 is 1.26 bits per heavy atom. The van der Waals surface area contributed by atoms with Gasteiger partial charge < -0.3 is 14.8 Å². The van der Waals surface area contributed by atoms with Crippen molar-refractivity contribution in [2.45, 2.75) is 50.9 Å².